The number of benzene rings is 1. The maximum Gasteiger partial charge on any atom is 0.306 e. The molecule has 1 heterocycles. The molecule has 1 aromatic carbocycles. The molecule has 0 spiro atoms. The highest BCUT2D eigenvalue weighted by atomic mass is 16.4. The van der Waals surface area contributed by atoms with Crippen molar-refractivity contribution in [2.75, 3.05) is 5.32 Å². The minimum Gasteiger partial charge on any atom is -0.481 e. The summed E-state index contributed by atoms with van der Waals surface area (Å²) in [5, 5.41) is 16.3. The Morgan fingerprint density at radius 2 is 1.73 bits per heavy atom. The second kappa shape index (κ2) is 8.17. The number of carboxylic acids is 1. The molecule has 2 aromatic rings. The standard InChI is InChI=1S/C20H27N3O3/c1-12(11-18-14(3)22-23(5)15(18)4)19(24)21-17-8-6-16(7-9-17)10-13(2)20(25)26/h6-9,12-13H,10-11H2,1-5H3,(H,21,24)(H,25,26). The van der Waals surface area contributed by atoms with Crippen LogP contribution in [-0.2, 0) is 29.5 Å². The topological polar surface area (TPSA) is 84.2 Å². The fraction of sp³-hybridized carbons (Fsp3) is 0.450. The highest BCUT2D eigenvalue weighted by molar-refractivity contribution is 5.92. The minimum atomic E-state index is -0.808. The van der Waals surface area contributed by atoms with E-state index in [1.54, 1.807) is 6.92 Å². The number of aromatic nitrogens is 2. The molecule has 0 radical (unpaired) electrons. The summed E-state index contributed by atoms with van der Waals surface area (Å²) in [6, 6.07) is 7.34. The van der Waals surface area contributed by atoms with Gasteiger partial charge < -0.3 is 10.4 Å². The molecule has 0 bridgehead atoms. The molecule has 0 fully saturated rings. The van der Waals surface area contributed by atoms with E-state index in [0.717, 1.165) is 22.5 Å². The number of hydrogen-bond donors (Lipinski definition) is 2. The maximum absolute atomic E-state index is 12.5. The van der Waals surface area contributed by atoms with Gasteiger partial charge in [-0.25, -0.2) is 0 Å². The SMILES string of the molecule is Cc1nn(C)c(C)c1CC(C)C(=O)Nc1ccc(CC(C)C(=O)O)cc1. The van der Waals surface area contributed by atoms with Gasteiger partial charge in [0.15, 0.2) is 0 Å². The summed E-state index contributed by atoms with van der Waals surface area (Å²) in [6.07, 6.45) is 1.12. The highest BCUT2D eigenvalue weighted by Crippen LogP contribution is 2.19. The Morgan fingerprint density at radius 3 is 2.23 bits per heavy atom. The zero-order valence-corrected chi connectivity index (χ0v) is 16.0. The van der Waals surface area contributed by atoms with Gasteiger partial charge in [-0.05, 0) is 49.9 Å². The van der Waals surface area contributed by atoms with Crippen LogP contribution in [0.25, 0.3) is 0 Å². The molecule has 0 aliphatic carbocycles. The van der Waals surface area contributed by atoms with E-state index in [-0.39, 0.29) is 11.8 Å². The molecule has 6 nitrogen and oxygen atoms in total. The second-order valence-corrected chi connectivity index (χ2v) is 7.01. The molecule has 0 aliphatic heterocycles. The van der Waals surface area contributed by atoms with Crippen molar-refractivity contribution in [3.05, 3.63) is 46.8 Å². The third-order valence-electron chi connectivity index (χ3n) is 4.80. The second-order valence-electron chi connectivity index (χ2n) is 7.01. The van der Waals surface area contributed by atoms with Crippen LogP contribution < -0.4 is 5.32 Å². The number of aliphatic carboxylic acids is 1. The van der Waals surface area contributed by atoms with E-state index in [1.165, 1.54) is 0 Å². The number of nitrogens with one attached hydrogen (secondary N) is 1. The number of carbonyl (C=O) groups is 2. The quantitative estimate of drug-likeness (QED) is 0.797. The molecule has 140 valence electrons. The van der Waals surface area contributed by atoms with Crippen LogP contribution in [0, 0.1) is 25.7 Å². The van der Waals surface area contributed by atoms with Crippen LogP contribution in [-0.4, -0.2) is 26.8 Å². The largest absolute Gasteiger partial charge is 0.481 e. The Labute approximate surface area is 154 Å². The fourth-order valence-corrected chi connectivity index (χ4v) is 2.94. The monoisotopic (exact) mass is 357 g/mol. The number of anilines is 1. The maximum atomic E-state index is 12.5. The Kier molecular flexibility index (Phi) is 6.18. The van der Waals surface area contributed by atoms with Crippen LogP contribution >= 0.6 is 0 Å². The fourth-order valence-electron chi connectivity index (χ4n) is 2.94. The summed E-state index contributed by atoms with van der Waals surface area (Å²) in [6.45, 7) is 7.56. The Morgan fingerprint density at radius 1 is 1.12 bits per heavy atom. The van der Waals surface area contributed by atoms with Gasteiger partial charge in [0.25, 0.3) is 0 Å². The lowest BCUT2D eigenvalue weighted by Crippen LogP contribution is -2.22. The van der Waals surface area contributed by atoms with Crippen molar-refractivity contribution in [2.24, 2.45) is 18.9 Å². The molecule has 1 amide bonds. The summed E-state index contributed by atoms with van der Waals surface area (Å²) in [5.41, 5.74) is 4.81. The minimum absolute atomic E-state index is 0.0423. The van der Waals surface area contributed by atoms with Crippen molar-refractivity contribution in [3.8, 4) is 0 Å². The van der Waals surface area contributed by atoms with Gasteiger partial charge in [0.2, 0.25) is 5.91 Å². The van der Waals surface area contributed by atoms with Gasteiger partial charge in [-0.3, -0.25) is 14.3 Å². The average molecular weight is 357 g/mol. The van der Waals surface area contributed by atoms with Crippen molar-refractivity contribution >= 4 is 17.6 Å². The van der Waals surface area contributed by atoms with E-state index < -0.39 is 11.9 Å². The van der Waals surface area contributed by atoms with E-state index in [4.69, 9.17) is 5.11 Å². The third-order valence-corrected chi connectivity index (χ3v) is 4.80. The summed E-state index contributed by atoms with van der Waals surface area (Å²) in [4.78, 5) is 23.4. The zero-order valence-electron chi connectivity index (χ0n) is 16.0. The van der Waals surface area contributed by atoms with Crippen molar-refractivity contribution in [1.29, 1.82) is 0 Å². The lowest BCUT2D eigenvalue weighted by molar-refractivity contribution is -0.141. The van der Waals surface area contributed by atoms with E-state index in [9.17, 15) is 9.59 Å². The molecule has 2 unspecified atom stereocenters. The summed E-state index contributed by atoms with van der Waals surface area (Å²) >= 11 is 0. The summed E-state index contributed by atoms with van der Waals surface area (Å²) in [5.74, 6) is -1.46. The van der Waals surface area contributed by atoms with Crippen molar-refractivity contribution in [1.82, 2.24) is 9.78 Å². The zero-order chi connectivity index (χ0) is 19.4. The van der Waals surface area contributed by atoms with Gasteiger partial charge in [-0.1, -0.05) is 26.0 Å². The predicted molar refractivity (Wildman–Crippen MR) is 101 cm³/mol. The molecule has 2 rings (SSSR count). The summed E-state index contributed by atoms with van der Waals surface area (Å²) < 4.78 is 1.84. The molecule has 0 saturated carbocycles. The van der Waals surface area contributed by atoms with E-state index >= 15 is 0 Å². The van der Waals surface area contributed by atoms with Gasteiger partial charge in [0.1, 0.15) is 0 Å². The molecule has 6 heteroatoms. The number of amides is 1. The lowest BCUT2D eigenvalue weighted by atomic mass is 9.98. The van der Waals surface area contributed by atoms with Crippen LogP contribution in [0.4, 0.5) is 5.69 Å². The molecule has 1 aromatic heterocycles. The first-order chi connectivity index (χ1) is 12.2. The smallest absolute Gasteiger partial charge is 0.306 e. The number of aryl methyl sites for hydroxylation is 2. The Hall–Kier alpha value is -2.63. The third kappa shape index (κ3) is 4.71. The first-order valence-corrected chi connectivity index (χ1v) is 8.80. The van der Waals surface area contributed by atoms with Crippen LogP contribution in [0.1, 0.15) is 36.4 Å². The number of carboxylic acid groups (broad SMARTS) is 1. The summed E-state index contributed by atoms with van der Waals surface area (Å²) in [7, 11) is 1.91. The first-order valence-electron chi connectivity index (χ1n) is 8.80. The van der Waals surface area contributed by atoms with E-state index in [2.05, 4.69) is 10.4 Å². The lowest BCUT2D eigenvalue weighted by Gasteiger charge is -2.13. The van der Waals surface area contributed by atoms with Crippen LogP contribution in [0.15, 0.2) is 24.3 Å². The van der Waals surface area contributed by atoms with Gasteiger partial charge in [0, 0.05) is 24.3 Å². The normalized spacial score (nSPS) is 13.3. The molecule has 0 saturated heterocycles. The average Bonchev–Trinajstić information content (AvgIpc) is 2.82. The number of rotatable bonds is 7. The molecule has 26 heavy (non-hydrogen) atoms. The predicted octanol–water partition coefficient (Wildman–Crippen LogP) is 3.12. The number of carbonyl (C=O) groups excluding carboxylic acids is 1. The van der Waals surface area contributed by atoms with Gasteiger partial charge in [0.05, 0.1) is 11.6 Å². The van der Waals surface area contributed by atoms with Crippen molar-refractivity contribution in [2.45, 2.75) is 40.5 Å². The number of nitrogens with zero attached hydrogens (tertiary/aromatic N) is 2. The number of hydrogen-bond acceptors (Lipinski definition) is 3. The van der Waals surface area contributed by atoms with E-state index in [0.29, 0.717) is 18.5 Å². The Bertz CT molecular complexity index is 793. The van der Waals surface area contributed by atoms with Crippen LogP contribution in [0.3, 0.4) is 0 Å². The van der Waals surface area contributed by atoms with E-state index in [1.807, 2.05) is 56.8 Å². The molecular formula is C20H27N3O3. The van der Waals surface area contributed by atoms with Crippen molar-refractivity contribution in [3.63, 3.8) is 0 Å². The van der Waals surface area contributed by atoms with Gasteiger partial charge in [-0.15, -0.1) is 0 Å². The van der Waals surface area contributed by atoms with Gasteiger partial charge >= 0.3 is 5.97 Å². The molecule has 2 N–H and O–H groups in total. The van der Waals surface area contributed by atoms with Gasteiger partial charge in [-0.2, -0.15) is 5.10 Å². The molecular weight excluding hydrogens is 330 g/mol. The van der Waals surface area contributed by atoms with Crippen LogP contribution in [0.5, 0.6) is 0 Å². The van der Waals surface area contributed by atoms with Crippen LogP contribution in [0.2, 0.25) is 0 Å². The first kappa shape index (κ1) is 19.7. The Balaban J connectivity index is 1.97. The molecule has 2 atom stereocenters. The molecule has 0 aliphatic rings. The highest BCUT2D eigenvalue weighted by Gasteiger charge is 2.19. The van der Waals surface area contributed by atoms with Crippen molar-refractivity contribution < 1.29 is 14.7 Å².